The van der Waals surface area contributed by atoms with E-state index in [1.165, 1.54) is 0 Å². The second-order valence-electron chi connectivity index (χ2n) is 3.33. The molecule has 6 heteroatoms. The summed E-state index contributed by atoms with van der Waals surface area (Å²) in [6, 6.07) is 1.66. The van der Waals surface area contributed by atoms with Gasteiger partial charge in [0.25, 0.3) is 0 Å². The highest BCUT2D eigenvalue weighted by Gasteiger charge is 1.99. The van der Waals surface area contributed by atoms with Gasteiger partial charge in [-0.1, -0.05) is 13.3 Å². The molecule has 16 heavy (non-hydrogen) atoms. The van der Waals surface area contributed by atoms with E-state index in [9.17, 15) is 0 Å². The van der Waals surface area contributed by atoms with Gasteiger partial charge in [-0.3, -0.25) is 0 Å². The zero-order valence-electron chi connectivity index (χ0n) is 9.37. The van der Waals surface area contributed by atoms with E-state index in [1.54, 1.807) is 6.07 Å². The Morgan fingerprint density at radius 3 is 2.94 bits per heavy atom. The van der Waals surface area contributed by atoms with Crippen LogP contribution in [0.3, 0.4) is 0 Å². The molecule has 0 atom stereocenters. The van der Waals surface area contributed by atoms with Gasteiger partial charge in [-0.15, -0.1) is 0 Å². The largest absolute Gasteiger partial charge is 0.383 e. The van der Waals surface area contributed by atoms with Crippen LogP contribution in [-0.4, -0.2) is 29.7 Å². The molecule has 1 aromatic rings. The number of rotatable bonds is 7. The zero-order valence-corrected chi connectivity index (χ0v) is 11.0. The quantitative estimate of drug-likeness (QED) is 0.593. The van der Waals surface area contributed by atoms with Crippen LogP contribution in [0.15, 0.2) is 10.7 Å². The normalized spacial score (nSPS) is 10.4. The lowest BCUT2D eigenvalue weighted by Crippen LogP contribution is -2.12. The highest BCUT2D eigenvalue weighted by atomic mass is 79.9. The standard InChI is InChI=1S/C10H17BrN4O/c1-2-3-5-16-6-4-13-10-14-8(11)7-9(12)15-10/h7H,2-6H2,1H3,(H3,12,13,14,15). The van der Waals surface area contributed by atoms with Crippen LogP contribution in [0, 0.1) is 0 Å². The Labute approximate surface area is 104 Å². The summed E-state index contributed by atoms with van der Waals surface area (Å²) in [4.78, 5) is 8.16. The third kappa shape index (κ3) is 5.27. The molecule has 3 N–H and O–H groups in total. The van der Waals surface area contributed by atoms with Crippen molar-refractivity contribution in [2.75, 3.05) is 30.8 Å². The van der Waals surface area contributed by atoms with Crippen molar-refractivity contribution in [1.82, 2.24) is 9.97 Å². The Bertz CT molecular complexity index is 301. The van der Waals surface area contributed by atoms with E-state index in [2.05, 4.69) is 38.1 Å². The number of anilines is 2. The first-order valence-corrected chi connectivity index (χ1v) is 6.13. The Morgan fingerprint density at radius 1 is 1.44 bits per heavy atom. The topological polar surface area (TPSA) is 73.1 Å². The van der Waals surface area contributed by atoms with Gasteiger partial charge in [0, 0.05) is 19.2 Å². The van der Waals surface area contributed by atoms with Crippen LogP contribution in [0.25, 0.3) is 0 Å². The third-order valence-electron chi connectivity index (χ3n) is 1.89. The number of aromatic nitrogens is 2. The molecule has 90 valence electrons. The van der Waals surface area contributed by atoms with Gasteiger partial charge in [0.1, 0.15) is 10.4 Å². The summed E-state index contributed by atoms with van der Waals surface area (Å²) in [5.74, 6) is 0.960. The van der Waals surface area contributed by atoms with E-state index in [-0.39, 0.29) is 0 Å². The fourth-order valence-corrected chi connectivity index (χ4v) is 1.50. The number of ether oxygens (including phenoxy) is 1. The molecule has 0 aromatic carbocycles. The molecule has 0 saturated carbocycles. The summed E-state index contributed by atoms with van der Waals surface area (Å²) in [7, 11) is 0. The summed E-state index contributed by atoms with van der Waals surface area (Å²) < 4.78 is 6.07. The zero-order chi connectivity index (χ0) is 11.8. The number of nitrogens with two attached hydrogens (primary N) is 1. The third-order valence-corrected chi connectivity index (χ3v) is 2.29. The Morgan fingerprint density at radius 2 is 2.25 bits per heavy atom. The van der Waals surface area contributed by atoms with Crippen LogP contribution in [0.5, 0.6) is 0 Å². The molecule has 0 saturated heterocycles. The van der Waals surface area contributed by atoms with E-state index >= 15 is 0 Å². The second-order valence-corrected chi connectivity index (χ2v) is 4.14. The number of nitrogens with zero attached hydrogens (tertiary/aromatic N) is 2. The van der Waals surface area contributed by atoms with Gasteiger partial charge in [0.2, 0.25) is 5.95 Å². The molecule has 0 unspecified atom stereocenters. The number of nitrogen functional groups attached to an aromatic ring is 1. The number of halogens is 1. The minimum atomic E-state index is 0.441. The molecule has 0 bridgehead atoms. The van der Waals surface area contributed by atoms with E-state index < -0.39 is 0 Å². The first kappa shape index (κ1) is 13.2. The predicted molar refractivity (Wildman–Crippen MR) is 68.4 cm³/mol. The maximum absolute atomic E-state index is 5.58. The maximum Gasteiger partial charge on any atom is 0.225 e. The fourth-order valence-electron chi connectivity index (χ4n) is 1.10. The van der Waals surface area contributed by atoms with Crippen molar-refractivity contribution in [2.24, 2.45) is 0 Å². The van der Waals surface area contributed by atoms with Crippen molar-refractivity contribution in [3.05, 3.63) is 10.7 Å². The molecule has 1 heterocycles. The van der Waals surface area contributed by atoms with Gasteiger partial charge in [-0.2, -0.15) is 4.98 Å². The summed E-state index contributed by atoms with van der Waals surface area (Å²) in [6.45, 7) is 4.27. The summed E-state index contributed by atoms with van der Waals surface area (Å²) in [5.41, 5.74) is 5.58. The van der Waals surface area contributed by atoms with Gasteiger partial charge in [0.05, 0.1) is 6.61 Å². The van der Waals surface area contributed by atoms with Gasteiger partial charge < -0.3 is 15.8 Å². The van der Waals surface area contributed by atoms with Gasteiger partial charge in [-0.05, 0) is 22.4 Å². The first-order chi connectivity index (χ1) is 7.72. The summed E-state index contributed by atoms with van der Waals surface area (Å²) in [5, 5.41) is 3.05. The van der Waals surface area contributed by atoms with Gasteiger partial charge in [-0.25, -0.2) is 4.98 Å². The minimum absolute atomic E-state index is 0.441. The summed E-state index contributed by atoms with van der Waals surface area (Å²) >= 11 is 3.25. The Balaban J connectivity index is 2.21. The lowest BCUT2D eigenvalue weighted by atomic mass is 10.4. The first-order valence-electron chi connectivity index (χ1n) is 5.34. The molecular formula is C10H17BrN4O. The lowest BCUT2D eigenvalue weighted by molar-refractivity contribution is 0.141. The Kier molecular flexibility index (Phi) is 6.10. The average Bonchev–Trinajstić information content (AvgIpc) is 2.22. The van der Waals surface area contributed by atoms with Gasteiger partial charge >= 0.3 is 0 Å². The van der Waals surface area contributed by atoms with Crippen molar-refractivity contribution in [1.29, 1.82) is 0 Å². The van der Waals surface area contributed by atoms with Crippen LogP contribution in [0.4, 0.5) is 11.8 Å². The fraction of sp³-hybridized carbons (Fsp3) is 0.600. The van der Waals surface area contributed by atoms with E-state index in [0.717, 1.165) is 19.4 Å². The monoisotopic (exact) mass is 288 g/mol. The average molecular weight is 289 g/mol. The highest BCUT2D eigenvalue weighted by Crippen LogP contribution is 2.11. The Hall–Kier alpha value is -0.880. The molecule has 0 fully saturated rings. The van der Waals surface area contributed by atoms with Crippen molar-refractivity contribution in [2.45, 2.75) is 19.8 Å². The maximum atomic E-state index is 5.58. The number of hydrogen-bond acceptors (Lipinski definition) is 5. The molecular weight excluding hydrogens is 272 g/mol. The van der Waals surface area contributed by atoms with Crippen molar-refractivity contribution >= 4 is 27.7 Å². The molecule has 1 rings (SSSR count). The van der Waals surface area contributed by atoms with Crippen LogP contribution in [0.2, 0.25) is 0 Å². The smallest absolute Gasteiger partial charge is 0.225 e. The van der Waals surface area contributed by atoms with E-state index in [1.807, 2.05) is 0 Å². The molecule has 0 aliphatic carbocycles. The van der Waals surface area contributed by atoms with Crippen LogP contribution >= 0.6 is 15.9 Å². The minimum Gasteiger partial charge on any atom is -0.383 e. The number of unbranched alkanes of at least 4 members (excludes halogenated alkanes) is 1. The number of hydrogen-bond donors (Lipinski definition) is 2. The van der Waals surface area contributed by atoms with Crippen molar-refractivity contribution < 1.29 is 4.74 Å². The van der Waals surface area contributed by atoms with Gasteiger partial charge in [0.15, 0.2) is 0 Å². The van der Waals surface area contributed by atoms with Crippen molar-refractivity contribution in [3.8, 4) is 0 Å². The van der Waals surface area contributed by atoms with E-state index in [4.69, 9.17) is 10.5 Å². The van der Waals surface area contributed by atoms with Crippen molar-refractivity contribution in [3.63, 3.8) is 0 Å². The summed E-state index contributed by atoms with van der Waals surface area (Å²) in [6.07, 6.45) is 2.25. The van der Waals surface area contributed by atoms with E-state index in [0.29, 0.717) is 29.5 Å². The highest BCUT2D eigenvalue weighted by molar-refractivity contribution is 9.10. The molecule has 1 aromatic heterocycles. The second kappa shape index (κ2) is 7.40. The molecule has 0 amide bonds. The number of nitrogens with one attached hydrogen (secondary N) is 1. The van der Waals surface area contributed by atoms with Crippen LogP contribution in [-0.2, 0) is 4.74 Å². The molecule has 0 aliphatic heterocycles. The molecule has 5 nitrogen and oxygen atoms in total. The lowest BCUT2D eigenvalue weighted by Gasteiger charge is -2.06. The molecule has 0 spiro atoms. The molecule has 0 aliphatic rings. The molecule has 0 radical (unpaired) electrons. The van der Waals surface area contributed by atoms with Crippen LogP contribution in [0.1, 0.15) is 19.8 Å². The SMILES string of the molecule is CCCCOCCNc1nc(N)cc(Br)n1. The predicted octanol–water partition coefficient (Wildman–Crippen LogP) is 2.05. The van der Waals surface area contributed by atoms with Crippen LogP contribution < -0.4 is 11.1 Å².